The molecule has 0 aliphatic heterocycles. The van der Waals surface area contributed by atoms with Crippen LogP contribution in [0.25, 0.3) is 0 Å². The molecule has 0 radical (unpaired) electrons. The van der Waals surface area contributed by atoms with Crippen LogP contribution in [0.5, 0.6) is 0 Å². The lowest BCUT2D eigenvalue weighted by Crippen LogP contribution is -2.00. The molecule has 0 aliphatic rings. The van der Waals surface area contributed by atoms with Crippen molar-refractivity contribution < 1.29 is 4.84 Å². The van der Waals surface area contributed by atoms with Gasteiger partial charge in [0, 0.05) is 0 Å². The molecular weight excluding hydrogens is 258 g/mol. The first-order chi connectivity index (χ1) is 8.91. The highest BCUT2D eigenvalue weighted by atomic mass is 35.5. The monoisotopic (exact) mass is 293 g/mol. The van der Waals surface area contributed by atoms with Gasteiger partial charge in [-0.3, -0.25) is 0 Å². The largest absolute Gasteiger partial charge is 0.305 e. The molecule has 3 heteroatoms. The summed E-state index contributed by atoms with van der Waals surface area (Å²) in [6, 6.07) is 0. The van der Waals surface area contributed by atoms with Gasteiger partial charge < -0.3 is 4.84 Å². The molecule has 0 aromatic carbocycles. The zero-order valence-corrected chi connectivity index (χ0v) is 13.8. The molecule has 0 heterocycles. The van der Waals surface area contributed by atoms with E-state index >= 15 is 0 Å². The predicted octanol–water partition coefficient (Wildman–Crippen LogP) is 5.78. The predicted molar refractivity (Wildman–Crippen MR) is 87.7 cm³/mol. The van der Waals surface area contributed by atoms with E-state index in [-0.39, 0.29) is 12.4 Å². The molecular formula is C16H36ClNO. The van der Waals surface area contributed by atoms with Gasteiger partial charge in [-0.1, -0.05) is 90.4 Å². The second-order valence-corrected chi connectivity index (χ2v) is 5.47. The highest BCUT2D eigenvalue weighted by Gasteiger charge is 1.93. The van der Waals surface area contributed by atoms with Gasteiger partial charge in [-0.05, 0) is 6.42 Å². The quantitative estimate of drug-likeness (QED) is 0.307. The van der Waals surface area contributed by atoms with Crippen LogP contribution in [0.3, 0.4) is 0 Å². The average Bonchev–Trinajstić information content (AvgIpc) is 2.39. The number of hydrogen-bond acceptors (Lipinski definition) is 2. The lowest BCUT2D eigenvalue weighted by molar-refractivity contribution is 0.133. The fourth-order valence-electron chi connectivity index (χ4n) is 2.38. The van der Waals surface area contributed by atoms with Crippen LogP contribution in [-0.2, 0) is 4.84 Å². The van der Waals surface area contributed by atoms with Crippen molar-refractivity contribution in [2.75, 3.05) is 6.61 Å². The maximum Gasteiger partial charge on any atom is 0.0679 e. The molecule has 0 saturated carbocycles. The van der Waals surface area contributed by atoms with Gasteiger partial charge in [0.05, 0.1) is 6.61 Å². The molecule has 0 atom stereocenters. The number of rotatable bonds is 15. The van der Waals surface area contributed by atoms with Gasteiger partial charge in [-0.15, -0.1) is 12.4 Å². The van der Waals surface area contributed by atoms with Gasteiger partial charge in [-0.25, -0.2) is 5.90 Å². The molecule has 2 nitrogen and oxygen atoms in total. The smallest absolute Gasteiger partial charge is 0.0679 e. The Kier molecular flexibility index (Phi) is 23.2. The first-order valence-corrected chi connectivity index (χ1v) is 8.23. The Bertz CT molecular complexity index is 129. The molecule has 0 bridgehead atoms. The topological polar surface area (TPSA) is 35.2 Å². The third-order valence-corrected chi connectivity index (χ3v) is 3.62. The Morgan fingerprint density at radius 2 is 0.895 bits per heavy atom. The Hall–Kier alpha value is 0.210. The van der Waals surface area contributed by atoms with E-state index in [0.29, 0.717) is 0 Å². The summed E-state index contributed by atoms with van der Waals surface area (Å²) in [5.41, 5.74) is 0. The van der Waals surface area contributed by atoms with Gasteiger partial charge in [0.2, 0.25) is 0 Å². The Balaban J connectivity index is 0. The van der Waals surface area contributed by atoms with Gasteiger partial charge >= 0.3 is 0 Å². The molecule has 0 unspecified atom stereocenters. The highest BCUT2D eigenvalue weighted by molar-refractivity contribution is 5.85. The van der Waals surface area contributed by atoms with Crippen LogP contribution in [0.2, 0.25) is 0 Å². The van der Waals surface area contributed by atoms with E-state index in [1.54, 1.807) is 0 Å². The molecule has 0 fully saturated rings. The van der Waals surface area contributed by atoms with Gasteiger partial charge in [0.1, 0.15) is 0 Å². The molecule has 0 aromatic heterocycles. The maximum atomic E-state index is 4.98. The first kappa shape index (κ1) is 21.5. The summed E-state index contributed by atoms with van der Waals surface area (Å²) in [4.78, 5) is 4.55. The van der Waals surface area contributed by atoms with Crippen molar-refractivity contribution in [3.8, 4) is 0 Å². The molecule has 0 spiro atoms. The van der Waals surface area contributed by atoms with Crippen molar-refractivity contribution in [1.82, 2.24) is 0 Å². The Morgan fingerprint density at radius 3 is 1.21 bits per heavy atom. The number of hydrogen-bond donors (Lipinski definition) is 1. The molecule has 0 rings (SSSR count). The van der Waals surface area contributed by atoms with E-state index in [4.69, 9.17) is 5.90 Å². The number of halogens is 1. The van der Waals surface area contributed by atoms with Crippen molar-refractivity contribution in [2.24, 2.45) is 5.90 Å². The fraction of sp³-hybridized carbons (Fsp3) is 1.00. The van der Waals surface area contributed by atoms with Crippen LogP contribution >= 0.6 is 12.4 Å². The summed E-state index contributed by atoms with van der Waals surface area (Å²) >= 11 is 0. The van der Waals surface area contributed by atoms with E-state index < -0.39 is 0 Å². The van der Waals surface area contributed by atoms with Crippen molar-refractivity contribution in [3.05, 3.63) is 0 Å². The van der Waals surface area contributed by atoms with Gasteiger partial charge in [0.25, 0.3) is 0 Å². The van der Waals surface area contributed by atoms with Crippen LogP contribution in [0.15, 0.2) is 0 Å². The second-order valence-electron chi connectivity index (χ2n) is 5.47. The third kappa shape index (κ3) is 20.7. The minimum atomic E-state index is 0. The van der Waals surface area contributed by atoms with E-state index in [1.165, 1.54) is 83.5 Å². The molecule has 2 N–H and O–H groups in total. The summed E-state index contributed by atoms with van der Waals surface area (Å²) in [5.74, 6) is 4.98. The summed E-state index contributed by atoms with van der Waals surface area (Å²) in [6.07, 6.45) is 19.5. The highest BCUT2D eigenvalue weighted by Crippen LogP contribution is 2.12. The van der Waals surface area contributed by atoms with Crippen molar-refractivity contribution in [1.29, 1.82) is 0 Å². The summed E-state index contributed by atoms with van der Waals surface area (Å²) in [7, 11) is 0. The van der Waals surface area contributed by atoms with Crippen molar-refractivity contribution >= 4 is 12.4 Å². The third-order valence-electron chi connectivity index (χ3n) is 3.62. The minimum Gasteiger partial charge on any atom is -0.305 e. The van der Waals surface area contributed by atoms with E-state index in [9.17, 15) is 0 Å². The molecule has 0 aromatic rings. The van der Waals surface area contributed by atoms with Crippen LogP contribution in [0.1, 0.15) is 96.8 Å². The fourth-order valence-corrected chi connectivity index (χ4v) is 2.38. The van der Waals surface area contributed by atoms with Crippen molar-refractivity contribution in [2.45, 2.75) is 96.8 Å². The van der Waals surface area contributed by atoms with Crippen LogP contribution in [0, 0.1) is 0 Å². The number of nitrogens with two attached hydrogens (primary N) is 1. The number of unbranched alkanes of at least 4 members (excludes halogenated alkanes) is 13. The normalized spacial score (nSPS) is 10.4. The van der Waals surface area contributed by atoms with Gasteiger partial charge in [0.15, 0.2) is 0 Å². The Morgan fingerprint density at radius 1 is 0.579 bits per heavy atom. The average molecular weight is 294 g/mol. The van der Waals surface area contributed by atoms with Crippen LogP contribution < -0.4 is 5.90 Å². The molecule has 118 valence electrons. The molecule has 0 saturated heterocycles. The lowest BCUT2D eigenvalue weighted by Gasteiger charge is -2.03. The minimum absolute atomic E-state index is 0. The standard InChI is InChI=1S/C16H35NO.ClH/c1-2-3-4-5-6-7-8-9-10-11-12-13-14-15-16-18-17;/h2-17H2,1H3;1H. The van der Waals surface area contributed by atoms with Gasteiger partial charge in [-0.2, -0.15) is 0 Å². The summed E-state index contributed by atoms with van der Waals surface area (Å²) in [6.45, 7) is 3.00. The van der Waals surface area contributed by atoms with E-state index in [2.05, 4.69) is 11.8 Å². The van der Waals surface area contributed by atoms with Crippen molar-refractivity contribution in [3.63, 3.8) is 0 Å². The Labute approximate surface area is 127 Å². The summed E-state index contributed by atoms with van der Waals surface area (Å²) < 4.78 is 0. The van der Waals surface area contributed by atoms with E-state index in [1.807, 2.05) is 0 Å². The maximum absolute atomic E-state index is 4.98. The molecule has 0 amide bonds. The lowest BCUT2D eigenvalue weighted by atomic mass is 10.0. The molecule has 0 aliphatic carbocycles. The van der Waals surface area contributed by atoms with E-state index in [0.717, 1.165) is 13.0 Å². The zero-order chi connectivity index (χ0) is 13.3. The van der Waals surface area contributed by atoms with Crippen LogP contribution in [0.4, 0.5) is 0 Å². The second kappa shape index (κ2) is 20.5. The zero-order valence-electron chi connectivity index (χ0n) is 13.0. The van der Waals surface area contributed by atoms with Crippen LogP contribution in [-0.4, -0.2) is 6.61 Å². The molecule has 19 heavy (non-hydrogen) atoms. The first-order valence-electron chi connectivity index (χ1n) is 8.23. The SMILES string of the molecule is CCCCCCCCCCCCCCCCON.Cl. The summed E-state index contributed by atoms with van der Waals surface area (Å²) in [5, 5.41) is 0.